The van der Waals surface area contributed by atoms with Crippen LogP contribution in [0, 0.1) is 11.8 Å². The van der Waals surface area contributed by atoms with E-state index in [9.17, 15) is 5.11 Å². The van der Waals surface area contributed by atoms with Gasteiger partial charge in [-0.2, -0.15) is 0 Å². The van der Waals surface area contributed by atoms with Gasteiger partial charge in [0.25, 0.3) is 0 Å². The molecule has 2 saturated carbocycles. The highest BCUT2D eigenvalue weighted by atomic mass is 16.5. The van der Waals surface area contributed by atoms with E-state index < -0.39 is 0 Å². The number of hydrogen-bond donors (Lipinski definition) is 2. The van der Waals surface area contributed by atoms with E-state index >= 15 is 0 Å². The number of phenols is 1. The summed E-state index contributed by atoms with van der Waals surface area (Å²) in [7, 11) is 0. The van der Waals surface area contributed by atoms with Crippen LogP contribution in [0.2, 0.25) is 0 Å². The van der Waals surface area contributed by atoms with Gasteiger partial charge in [-0.15, -0.1) is 0 Å². The lowest BCUT2D eigenvalue weighted by molar-refractivity contribution is 0.296. The molecule has 17 heavy (non-hydrogen) atoms. The third kappa shape index (κ3) is 2.39. The molecule has 3 nitrogen and oxygen atoms in total. The minimum Gasteiger partial charge on any atom is -0.508 e. The number of nitrogens with two attached hydrogens (primary N) is 1. The van der Waals surface area contributed by atoms with Crippen LogP contribution in [0.3, 0.4) is 0 Å². The second kappa shape index (κ2) is 4.22. The van der Waals surface area contributed by atoms with Crippen molar-refractivity contribution in [1.29, 1.82) is 0 Å². The Kier molecular flexibility index (Phi) is 2.71. The van der Waals surface area contributed by atoms with Gasteiger partial charge in [0.15, 0.2) is 0 Å². The lowest BCUT2D eigenvalue weighted by atomic mass is 10.1. The molecule has 0 aliphatic heterocycles. The topological polar surface area (TPSA) is 55.5 Å². The molecule has 3 N–H and O–H groups in total. The molecule has 2 fully saturated rings. The summed E-state index contributed by atoms with van der Waals surface area (Å²) in [4.78, 5) is 0. The summed E-state index contributed by atoms with van der Waals surface area (Å²) in [5.74, 6) is 3.07. The molecule has 2 atom stereocenters. The number of ether oxygens (including phenoxy) is 1. The first-order valence-electron chi connectivity index (χ1n) is 6.43. The average molecular weight is 233 g/mol. The van der Waals surface area contributed by atoms with Gasteiger partial charge >= 0.3 is 0 Å². The zero-order chi connectivity index (χ0) is 11.8. The van der Waals surface area contributed by atoms with Crippen molar-refractivity contribution >= 4 is 0 Å². The van der Waals surface area contributed by atoms with E-state index in [0.717, 1.165) is 36.8 Å². The van der Waals surface area contributed by atoms with Gasteiger partial charge in [-0.3, -0.25) is 0 Å². The van der Waals surface area contributed by atoms with Gasteiger partial charge in [0.2, 0.25) is 0 Å². The third-order valence-corrected chi connectivity index (χ3v) is 3.79. The second-order valence-corrected chi connectivity index (χ2v) is 5.31. The van der Waals surface area contributed by atoms with Gasteiger partial charge < -0.3 is 15.6 Å². The summed E-state index contributed by atoms with van der Waals surface area (Å²) < 4.78 is 5.86. The third-order valence-electron chi connectivity index (χ3n) is 3.79. The highest BCUT2D eigenvalue weighted by Gasteiger charge is 2.39. The van der Waals surface area contributed by atoms with Gasteiger partial charge in [0.05, 0.1) is 6.61 Å². The fourth-order valence-corrected chi connectivity index (χ4v) is 2.34. The summed E-state index contributed by atoms with van der Waals surface area (Å²) >= 11 is 0. The zero-order valence-electron chi connectivity index (χ0n) is 9.93. The lowest BCUT2D eigenvalue weighted by Gasteiger charge is -2.11. The summed E-state index contributed by atoms with van der Waals surface area (Å²) in [6, 6.07) is 5.42. The number of benzene rings is 1. The van der Waals surface area contributed by atoms with Crippen molar-refractivity contribution in [3.63, 3.8) is 0 Å². The van der Waals surface area contributed by atoms with Crippen LogP contribution >= 0.6 is 0 Å². The van der Waals surface area contributed by atoms with Gasteiger partial charge in [-0.05, 0) is 61.8 Å². The Morgan fingerprint density at radius 2 is 2.18 bits per heavy atom. The first kappa shape index (κ1) is 10.9. The Labute approximate surface area is 102 Å². The molecule has 92 valence electrons. The van der Waals surface area contributed by atoms with Gasteiger partial charge in [-0.1, -0.05) is 0 Å². The summed E-state index contributed by atoms with van der Waals surface area (Å²) in [5, 5.41) is 9.58. The summed E-state index contributed by atoms with van der Waals surface area (Å²) in [5.41, 5.74) is 6.82. The molecule has 0 heterocycles. The Morgan fingerprint density at radius 1 is 1.35 bits per heavy atom. The van der Waals surface area contributed by atoms with Gasteiger partial charge in [0.1, 0.15) is 11.5 Å². The monoisotopic (exact) mass is 233 g/mol. The van der Waals surface area contributed by atoms with Crippen LogP contribution in [0.1, 0.15) is 30.7 Å². The lowest BCUT2D eigenvalue weighted by Crippen LogP contribution is -2.04. The van der Waals surface area contributed by atoms with Crippen LogP contribution in [0.5, 0.6) is 11.5 Å². The first-order valence-corrected chi connectivity index (χ1v) is 6.43. The van der Waals surface area contributed by atoms with Crippen LogP contribution in [0.15, 0.2) is 18.2 Å². The fraction of sp³-hybridized carbons (Fsp3) is 0.571. The van der Waals surface area contributed by atoms with E-state index in [0.29, 0.717) is 17.6 Å². The van der Waals surface area contributed by atoms with Crippen molar-refractivity contribution < 1.29 is 9.84 Å². The van der Waals surface area contributed by atoms with Crippen LogP contribution in [0.25, 0.3) is 0 Å². The van der Waals surface area contributed by atoms with E-state index in [4.69, 9.17) is 10.5 Å². The Bertz CT molecular complexity index is 415. The molecule has 1 aromatic carbocycles. The number of aromatic hydroxyl groups is 1. The molecule has 0 amide bonds. The summed E-state index contributed by atoms with van der Waals surface area (Å²) in [6.07, 6.45) is 3.71. The van der Waals surface area contributed by atoms with Crippen LogP contribution < -0.4 is 10.5 Å². The maximum Gasteiger partial charge on any atom is 0.123 e. The van der Waals surface area contributed by atoms with E-state index in [1.807, 2.05) is 12.1 Å². The van der Waals surface area contributed by atoms with Crippen molar-refractivity contribution in [2.45, 2.75) is 25.2 Å². The minimum absolute atomic E-state index is 0.321. The highest BCUT2D eigenvalue weighted by molar-refractivity contribution is 5.44. The maximum atomic E-state index is 9.58. The van der Waals surface area contributed by atoms with E-state index in [2.05, 4.69) is 0 Å². The molecule has 2 aliphatic carbocycles. The number of rotatable bonds is 5. The fourth-order valence-electron chi connectivity index (χ4n) is 2.34. The van der Waals surface area contributed by atoms with Crippen molar-refractivity contribution in [3.8, 4) is 11.5 Å². The molecule has 0 bridgehead atoms. The molecule has 0 saturated heterocycles. The normalized spacial score (nSPS) is 26.9. The maximum absolute atomic E-state index is 9.58. The van der Waals surface area contributed by atoms with Crippen molar-refractivity contribution in [1.82, 2.24) is 0 Å². The van der Waals surface area contributed by atoms with E-state index in [1.165, 1.54) is 12.8 Å². The Hall–Kier alpha value is -1.22. The SMILES string of the molecule is NC[C@H]1C[C@@H]1c1cc(O)ccc1OCC1CC1. The predicted octanol–water partition coefficient (Wildman–Crippen LogP) is 2.24. The molecular weight excluding hydrogens is 214 g/mol. The number of hydrogen-bond acceptors (Lipinski definition) is 3. The second-order valence-electron chi connectivity index (χ2n) is 5.31. The van der Waals surface area contributed by atoms with Gasteiger partial charge in [-0.25, -0.2) is 0 Å². The van der Waals surface area contributed by atoms with E-state index in [1.54, 1.807) is 6.07 Å². The van der Waals surface area contributed by atoms with Gasteiger partial charge in [0, 0.05) is 5.56 Å². The van der Waals surface area contributed by atoms with Crippen LogP contribution in [-0.2, 0) is 0 Å². The Balaban J connectivity index is 1.75. The van der Waals surface area contributed by atoms with Crippen LogP contribution in [0.4, 0.5) is 0 Å². The highest BCUT2D eigenvalue weighted by Crippen LogP contribution is 2.50. The predicted molar refractivity (Wildman–Crippen MR) is 66.2 cm³/mol. The van der Waals surface area contributed by atoms with Crippen molar-refractivity contribution in [3.05, 3.63) is 23.8 Å². The first-order chi connectivity index (χ1) is 8.28. The molecule has 2 aliphatic rings. The quantitative estimate of drug-likeness (QED) is 0.820. The molecule has 1 aromatic rings. The van der Waals surface area contributed by atoms with E-state index in [-0.39, 0.29) is 0 Å². The molecule has 3 heteroatoms. The number of phenolic OH excluding ortho intramolecular Hbond substituents is 1. The Morgan fingerprint density at radius 3 is 2.82 bits per heavy atom. The van der Waals surface area contributed by atoms with Crippen LogP contribution in [-0.4, -0.2) is 18.3 Å². The minimum atomic E-state index is 0.321. The standard InChI is InChI=1S/C14H19NO2/c15-7-10-5-12(10)13-6-11(16)3-4-14(13)17-8-9-1-2-9/h3-4,6,9-10,12,16H,1-2,5,7-8,15H2/t10-,12+/m1/s1. The molecule has 0 spiro atoms. The molecule has 0 unspecified atom stereocenters. The average Bonchev–Trinajstić information content (AvgIpc) is 3.21. The van der Waals surface area contributed by atoms with Crippen molar-refractivity contribution in [2.24, 2.45) is 17.6 Å². The van der Waals surface area contributed by atoms with Crippen molar-refractivity contribution in [2.75, 3.05) is 13.2 Å². The smallest absolute Gasteiger partial charge is 0.123 e. The largest absolute Gasteiger partial charge is 0.508 e. The summed E-state index contributed by atoms with van der Waals surface area (Å²) in [6.45, 7) is 1.54. The molecular formula is C14H19NO2. The molecule has 0 radical (unpaired) electrons. The molecule has 0 aromatic heterocycles. The molecule has 3 rings (SSSR count). The zero-order valence-corrected chi connectivity index (χ0v) is 9.93.